The number of nitrogens with zero attached hydrogens (tertiary/aromatic N) is 1. The number of benzene rings is 8. The Kier molecular flexibility index (Phi) is 7.70. The second-order valence-electron chi connectivity index (χ2n) is 16.2. The summed E-state index contributed by atoms with van der Waals surface area (Å²) in [7, 11) is 0. The first kappa shape index (κ1) is 34.6. The van der Waals surface area contributed by atoms with Gasteiger partial charge in [-0.3, -0.25) is 0 Å². The average molecular weight is 764 g/mol. The zero-order valence-electron chi connectivity index (χ0n) is 32.8. The molecule has 2 aliphatic rings. The van der Waals surface area contributed by atoms with Crippen molar-refractivity contribution in [1.29, 1.82) is 0 Å². The van der Waals surface area contributed by atoms with Crippen molar-refractivity contribution in [3.8, 4) is 33.8 Å². The van der Waals surface area contributed by atoms with Crippen LogP contribution in [-0.2, 0) is 10.8 Å². The Morgan fingerprint density at radius 3 is 1.90 bits per heavy atom. The lowest BCUT2D eigenvalue weighted by Gasteiger charge is -2.35. The maximum absolute atomic E-state index is 6.93. The quantitative estimate of drug-likeness (QED) is 0.167. The molecule has 3 heteroatoms. The van der Waals surface area contributed by atoms with Crippen LogP contribution in [0, 0.1) is 0 Å². The number of hydrogen-bond donors (Lipinski definition) is 0. The fourth-order valence-corrected chi connectivity index (χ4v) is 11.0. The Hall–Kier alpha value is -6.68. The van der Waals surface area contributed by atoms with E-state index in [1.54, 1.807) is 0 Å². The van der Waals surface area contributed by atoms with Crippen LogP contribution in [0.2, 0.25) is 0 Å². The van der Waals surface area contributed by atoms with Crippen molar-refractivity contribution in [2.24, 2.45) is 0 Å². The highest BCUT2D eigenvalue weighted by Gasteiger charge is 2.46. The van der Waals surface area contributed by atoms with Gasteiger partial charge in [-0.2, -0.15) is 0 Å². The van der Waals surface area contributed by atoms with Gasteiger partial charge in [0.15, 0.2) is 0 Å². The summed E-state index contributed by atoms with van der Waals surface area (Å²) in [6.45, 7) is 11.2. The number of ether oxygens (including phenoxy) is 1. The molecule has 0 amide bonds. The maximum Gasteiger partial charge on any atom is 0.140 e. The molecule has 0 spiro atoms. The second-order valence-corrected chi connectivity index (χ2v) is 17.3. The molecule has 0 bridgehead atoms. The summed E-state index contributed by atoms with van der Waals surface area (Å²) in [6, 6.07) is 66.6. The zero-order valence-corrected chi connectivity index (χ0v) is 33.6. The third-order valence-corrected chi connectivity index (χ3v) is 13.7. The minimum absolute atomic E-state index is 0.208. The number of fused-ring (bicyclic) bond motifs is 9. The molecule has 9 aromatic rings. The van der Waals surface area contributed by atoms with Gasteiger partial charge in [0, 0.05) is 53.8 Å². The highest BCUT2D eigenvalue weighted by Crippen LogP contribution is 2.57. The molecule has 1 aliphatic heterocycles. The van der Waals surface area contributed by atoms with Gasteiger partial charge < -0.3 is 9.64 Å². The van der Waals surface area contributed by atoms with Crippen molar-refractivity contribution in [3.05, 3.63) is 228 Å². The molecular weight excluding hydrogens is 723 g/mol. The van der Waals surface area contributed by atoms with E-state index in [1.165, 1.54) is 64.7 Å². The topological polar surface area (TPSA) is 12.5 Å². The third-order valence-electron chi connectivity index (χ3n) is 12.6. The summed E-state index contributed by atoms with van der Waals surface area (Å²) in [5, 5.41) is 2.47. The van der Waals surface area contributed by atoms with Crippen molar-refractivity contribution in [1.82, 2.24) is 0 Å². The van der Waals surface area contributed by atoms with Crippen molar-refractivity contribution in [2.75, 3.05) is 4.90 Å². The van der Waals surface area contributed by atoms with Gasteiger partial charge in [-0.1, -0.05) is 160 Å². The Labute approximate surface area is 344 Å². The Morgan fingerprint density at radius 2 is 1.16 bits per heavy atom. The predicted molar refractivity (Wildman–Crippen MR) is 244 cm³/mol. The van der Waals surface area contributed by atoms with Crippen LogP contribution in [0.5, 0.6) is 11.5 Å². The first-order valence-corrected chi connectivity index (χ1v) is 20.8. The van der Waals surface area contributed by atoms with Crippen LogP contribution in [0.3, 0.4) is 0 Å². The van der Waals surface area contributed by atoms with E-state index in [9.17, 15) is 0 Å². The Balaban J connectivity index is 0.986. The largest absolute Gasteiger partial charge is 0.456 e. The molecule has 1 aliphatic carbocycles. The van der Waals surface area contributed by atoms with Crippen molar-refractivity contribution in [2.45, 2.75) is 31.6 Å². The van der Waals surface area contributed by atoms with Gasteiger partial charge in [0.05, 0.1) is 5.41 Å². The van der Waals surface area contributed by atoms with Crippen molar-refractivity contribution in [3.63, 3.8) is 0 Å². The molecule has 2 nitrogen and oxygen atoms in total. The predicted octanol–water partition coefficient (Wildman–Crippen LogP) is 15.2. The van der Waals surface area contributed by atoms with E-state index in [2.05, 4.69) is 214 Å². The molecule has 0 saturated heterocycles. The molecule has 0 saturated carbocycles. The molecule has 0 unspecified atom stereocenters. The lowest BCUT2D eigenvalue weighted by Crippen LogP contribution is -2.28. The normalized spacial score (nSPS) is 14.3. The van der Waals surface area contributed by atoms with E-state index in [1.807, 2.05) is 11.3 Å². The fourth-order valence-electron chi connectivity index (χ4n) is 9.91. The second kappa shape index (κ2) is 12.9. The molecule has 58 heavy (non-hydrogen) atoms. The van der Waals surface area contributed by atoms with E-state index in [-0.39, 0.29) is 5.41 Å². The smallest absolute Gasteiger partial charge is 0.140 e. The first-order chi connectivity index (χ1) is 28.3. The van der Waals surface area contributed by atoms with Crippen LogP contribution in [0.1, 0.15) is 54.2 Å². The van der Waals surface area contributed by atoms with Gasteiger partial charge >= 0.3 is 0 Å². The summed E-state index contributed by atoms with van der Waals surface area (Å²) < 4.78 is 9.47. The van der Waals surface area contributed by atoms with E-state index >= 15 is 0 Å². The molecule has 2 heterocycles. The van der Waals surface area contributed by atoms with Gasteiger partial charge in [-0.25, -0.2) is 0 Å². The molecule has 0 N–H and O–H groups in total. The van der Waals surface area contributed by atoms with Crippen molar-refractivity contribution < 1.29 is 4.74 Å². The minimum Gasteiger partial charge on any atom is -0.456 e. The molecule has 11 rings (SSSR count). The number of thiophene rings is 1. The van der Waals surface area contributed by atoms with Gasteiger partial charge in [0.2, 0.25) is 0 Å². The third kappa shape index (κ3) is 4.96. The van der Waals surface area contributed by atoms with Gasteiger partial charge in [-0.05, 0) is 93.9 Å². The van der Waals surface area contributed by atoms with Crippen LogP contribution in [0.15, 0.2) is 194 Å². The first-order valence-electron chi connectivity index (χ1n) is 20.0. The summed E-state index contributed by atoms with van der Waals surface area (Å²) in [6.07, 6.45) is 0. The Bertz CT molecular complexity index is 3040. The molecule has 0 atom stereocenters. The number of anilines is 2. The number of allylic oxidation sites excluding steroid dienone is 1. The van der Waals surface area contributed by atoms with Gasteiger partial charge in [-0.15, -0.1) is 11.3 Å². The van der Waals surface area contributed by atoms with Crippen LogP contribution < -0.4 is 9.64 Å². The van der Waals surface area contributed by atoms with Crippen LogP contribution in [-0.4, -0.2) is 0 Å². The van der Waals surface area contributed by atoms with Gasteiger partial charge in [0.1, 0.15) is 11.5 Å². The average Bonchev–Trinajstić information content (AvgIpc) is 3.78. The highest BCUT2D eigenvalue weighted by atomic mass is 32.1. The summed E-state index contributed by atoms with van der Waals surface area (Å²) >= 11 is 1.83. The zero-order chi connectivity index (χ0) is 39.2. The molecule has 0 radical (unpaired) electrons. The number of rotatable bonds is 6. The lowest BCUT2D eigenvalue weighted by molar-refractivity contribution is 0.423. The van der Waals surface area contributed by atoms with E-state index in [0.717, 1.165) is 39.7 Å². The number of hydrogen-bond acceptors (Lipinski definition) is 3. The van der Waals surface area contributed by atoms with Crippen LogP contribution in [0.25, 0.3) is 42.4 Å². The summed E-state index contributed by atoms with van der Waals surface area (Å²) in [4.78, 5) is 2.28. The summed E-state index contributed by atoms with van der Waals surface area (Å²) in [5.41, 5.74) is 14.7. The molecular formula is C55H41NOS. The molecule has 8 aromatic carbocycles. The van der Waals surface area contributed by atoms with Gasteiger partial charge in [0.25, 0.3) is 0 Å². The Morgan fingerprint density at radius 1 is 0.534 bits per heavy atom. The van der Waals surface area contributed by atoms with Crippen molar-refractivity contribution >= 4 is 42.9 Å². The standard InChI is InChI=1S/C55H41NOS/c1-35(2)56(41-28-29-43-42-19-11-13-21-45(42)55(48(43)34-41,38-15-7-5-8-16-38)39-17-9-6-10-18-39)40-26-23-36(24-27-40)37-25-30-46-49(33-37)57-53-47(54(46,3)4)31-32-51-52(53)44-20-12-14-22-50(44)58-51/h5-34H,1H2,2-4H3. The summed E-state index contributed by atoms with van der Waals surface area (Å²) in [5.74, 6) is 1.91. The van der Waals surface area contributed by atoms with Crippen LogP contribution in [0.4, 0.5) is 11.4 Å². The monoisotopic (exact) mass is 763 g/mol. The molecule has 1 aromatic heterocycles. The fraction of sp³-hybridized carbons (Fsp3) is 0.0909. The lowest BCUT2D eigenvalue weighted by atomic mass is 9.67. The van der Waals surface area contributed by atoms with E-state index in [4.69, 9.17) is 4.74 Å². The molecule has 278 valence electrons. The minimum atomic E-state index is -0.471. The maximum atomic E-state index is 6.93. The van der Waals surface area contributed by atoms with E-state index in [0.29, 0.717) is 0 Å². The SMILES string of the molecule is C=C(C)N(c1ccc(-c2ccc3c(c2)Oc2c(ccc4sc5ccccc5c24)C3(C)C)cc1)c1ccc2c(c1)C(c1ccccc1)(c1ccccc1)c1ccccc1-2. The molecule has 0 fully saturated rings. The van der Waals surface area contributed by atoms with E-state index < -0.39 is 5.41 Å². The highest BCUT2D eigenvalue weighted by molar-refractivity contribution is 7.25. The van der Waals surface area contributed by atoms with Crippen LogP contribution >= 0.6 is 11.3 Å².